The summed E-state index contributed by atoms with van der Waals surface area (Å²) in [7, 11) is -3.02. The normalized spacial score (nSPS) is 24.4. The molecule has 0 aromatic carbocycles. The molecule has 108 valence electrons. The van der Waals surface area contributed by atoms with Gasteiger partial charge in [-0.25, -0.2) is 12.7 Å². The predicted molar refractivity (Wildman–Crippen MR) is 77.5 cm³/mol. The molecule has 1 aliphatic heterocycles. The summed E-state index contributed by atoms with van der Waals surface area (Å²) in [6.45, 7) is 5.73. The van der Waals surface area contributed by atoms with Crippen molar-refractivity contribution in [2.24, 2.45) is 11.8 Å². The van der Waals surface area contributed by atoms with Crippen molar-refractivity contribution in [3.63, 3.8) is 0 Å². The van der Waals surface area contributed by atoms with E-state index < -0.39 is 10.0 Å². The molecule has 1 saturated heterocycles. The van der Waals surface area contributed by atoms with Gasteiger partial charge in [-0.15, -0.1) is 11.6 Å². The van der Waals surface area contributed by atoms with Gasteiger partial charge in [-0.2, -0.15) is 0 Å². The highest BCUT2D eigenvalue weighted by Gasteiger charge is 2.26. The average molecular weight is 296 g/mol. The largest absolute Gasteiger partial charge is 0.213 e. The number of nitrogens with zero attached hydrogens (tertiary/aromatic N) is 1. The summed E-state index contributed by atoms with van der Waals surface area (Å²) in [5.41, 5.74) is 0. The average Bonchev–Trinajstić information content (AvgIpc) is 2.25. The number of alkyl halides is 1. The molecule has 2 unspecified atom stereocenters. The maximum absolute atomic E-state index is 11.5. The molecule has 1 heterocycles. The van der Waals surface area contributed by atoms with Crippen molar-refractivity contribution in [2.75, 3.05) is 19.3 Å². The van der Waals surface area contributed by atoms with Crippen molar-refractivity contribution in [1.82, 2.24) is 4.31 Å². The van der Waals surface area contributed by atoms with Crippen molar-refractivity contribution in [2.45, 2.75) is 51.3 Å². The van der Waals surface area contributed by atoms with Crippen molar-refractivity contribution in [1.29, 1.82) is 0 Å². The molecule has 0 amide bonds. The first-order valence-corrected chi connectivity index (χ1v) is 9.16. The molecule has 0 N–H and O–H groups in total. The zero-order valence-corrected chi connectivity index (χ0v) is 13.3. The van der Waals surface area contributed by atoms with E-state index in [0.717, 1.165) is 32.1 Å². The standard InChI is InChI=1S/C13H26ClNO2S/c1-11(2)9-13(14)7-6-12-5-4-8-15(10-12)18(3,16)17/h11-13H,4-10H2,1-3H3. The van der Waals surface area contributed by atoms with E-state index in [4.69, 9.17) is 11.6 Å². The lowest BCUT2D eigenvalue weighted by Gasteiger charge is -2.31. The van der Waals surface area contributed by atoms with Gasteiger partial charge in [0.15, 0.2) is 0 Å². The van der Waals surface area contributed by atoms with Crippen LogP contribution in [-0.2, 0) is 10.0 Å². The van der Waals surface area contributed by atoms with Gasteiger partial charge in [-0.1, -0.05) is 13.8 Å². The second-order valence-corrected chi connectivity index (χ2v) is 8.53. The fourth-order valence-electron chi connectivity index (χ4n) is 2.61. The number of piperidine rings is 1. The van der Waals surface area contributed by atoms with Gasteiger partial charge in [0.1, 0.15) is 0 Å². The zero-order valence-electron chi connectivity index (χ0n) is 11.7. The molecule has 0 radical (unpaired) electrons. The van der Waals surface area contributed by atoms with Gasteiger partial charge in [0.2, 0.25) is 10.0 Å². The smallest absolute Gasteiger partial charge is 0.211 e. The molecular weight excluding hydrogens is 270 g/mol. The Bertz CT molecular complexity index is 343. The molecule has 1 fully saturated rings. The Kier molecular flexibility index (Phi) is 6.42. The lowest BCUT2D eigenvalue weighted by Crippen LogP contribution is -2.39. The molecule has 0 spiro atoms. The highest BCUT2D eigenvalue weighted by Crippen LogP contribution is 2.25. The minimum absolute atomic E-state index is 0.235. The minimum atomic E-state index is -3.02. The lowest BCUT2D eigenvalue weighted by atomic mass is 9.92. The van der Waals surface area contributed by atoms with Crippen molar-refractivity contribution < 1.29 is 8.42 Å². The number of halogens is 1. The van der Waals surface area contributed by atoms with Crippen molar-refractivity contribution in [3.05, 3.63) is 0 Å². The second kappa shape index (κ2) is 7.11. The van der Waals surface area contributed by atoms with Crippen LogP contribution in [0.5, 0.6) is 0 Å². The van der Waals surface area contributed by atoms with E-state index >= 15 is 0 Å². The van der Waals surface area contributed by atoms with Gasteiger partial charge in [0.25, 0.3) is 0 Å². The van der Waals surface area contributed by atoms with Crippen LogP contribution in [0, 0.1) is 11.8 Å². The Hall–Kier alpha value is 0.200. The summed E-state index contributed by atoms with van der Waals surface area (Å²) >= 11 is 6.29. The minimum Gasteiger partial charge on any atom is -0.213 e. The highest BCUT2D eigenvalue weighted by atomic mass is 35.5. The third-order valence-corrected chi connectivity index (χ3v) is 5.23. The van der Waals surface area contributed by atoms with Gasteiger partial charge in [0, 0.05) is 18.5 Å². The molecular formula is C13H26ClNO2S. The Morgan fingerprint density at radius 1 is 1.39 bits per heavy atom. The van der Waals surface area contributed by atoms with Crippen LogP contribution in [-0.4, -0.2) is 37.4 Å². The van der Waals surface area contributed by atoms with E-state index in [-0.39, 0.29) is 5.38 Å². The molecule has 0 bridgehead atoms. The maximum atomic E-state index is 11.5. The van der Waals surface area contributed by atoms with E-state index in [0.29, 0.717) is 24.9 Å². The summed E-state index contributed by atoms with van der Waals surface area (Å²) < 4.78 is 24.6. The number of rotatable bonds is 6. The summed E-state index contributed by atoms with van der Waals surface area (Å²) in [5.74, 6) is 1.12. The third-order valence-electron chi connectivity index (χ3n) is 3.57. The van der Waals surface area contributed by atoms with Crippen molar-refractivity contribution in [3.8, 4) is 0 Å². The number of hydrogen-bond donors (Lipinski definition) is 0. The van der Waals surface area contributed by atoms with Crippen LogP contribution in [0.1, 0.15) is 46.0 Å². The predicted octanol–water partition coefficient (Wildman–Crippen LogP) is 3.09. The van der Waals surface area contributed by atoms with Crippen LogP contribution in [0.15, 0.2) is 0 Å². The SMILES string of the molecule is CC(C)CC(Cl)CCC1CCCN(S(C)(=O)=O)C1. The van der Waals surface area contributed by atoms with Gasteiger partial charge in [-0.3, -0.25) is 0 Å². The van der Waals surface area contributed by atoms with Crippen molar-refractivity contribution >= 4 is 21.6 Å². The van der Waals surface area contributed by atoms with Crippen LogP contribution in [0.25, 0.3) is 0 Å². The first kappa shape index (κ1) is 16.3. The number of hydrogen-bond acceptors (Lipinski definition) is 2. The third kappa shape index (κ3) is 5.89. The summed E-state index contributed by atoms with van der Waals surface area (Å²) in [5, 5.41) is 0.235. The van der Waals surface area contributed by atoms with E-state index in [1.54, 1.807) is 4.31 Å². The van der Waals surface area contributed by atoms with Crippen LogP contribution < -0.4 is 0 Å². The van der Waals surface area contributed by atoms with Gasteiger partial charge < -0.3 is 0 Å². The van der Waals surface area contributed by atoms with Crippen LogP contribution in [0.3, 0.4) is 0 Å². The molecule has 2 atom stereocenters. The highest BCUT2D eigenvalue weighted by molar-refractivity contribution is 7.88. The van der Waals surface area contributed by atoms with Gasteiger partial charge in [0.05, 0.1) is 6.26 Å². The van der Waals surface area contributed by atoms with E-state index in [9.17, 15) is 8.42 Å². The van der Waals surface area contributed by atoms with Gasteiger partial charge in [-0.05, 0) is 43.9 Å². The quantitative estimate of drug-likeness (QED) is 0.706. The fourth-order valence-corrected chi connectivity index (χ4v) is 4.03. The fraction of sp³-hybridized carbons (Fsp3) is 1.00. The summed E-state index contributed by atoms with van der Waals surface area (Å²) in [6, 6.07) is 0. The first-order valence-electron chi connectivity index (χ1n) is 6.88. The molecule has 0 aromatic heterocycles. The topological polar surface area (TPSA) is 37.4 Å². The molecule has 3 nitrogen and oxygen atoms in total. The molecule has 18 heavy (non-hydrogen) atoms. The van der Waals surface area contributed by atoms with E-state index in [1.807, 2.05) is 0 Å². The second-order valence-electron chi connectivity index (χ2n) is 5.93. The monoisotopic (exact) mass is 295 g/mol. The Morgan fingerprint density at radius 2 is 2.06 bits per heavy atom. The summed E-state index contributed by atoms with van der Waals surface area (Å²) in [4.78, 5) is 0. The molecule has 0 aliphatic carbocycles. The Labute approximate surface area is 117 Å². The molecule has 1 rings (SSSR count). The van der Waals surface area contributed by atoms with E-state index in [1.165, 1.54) is 6.26 Å². The number of sulfonamides is 1. The van der Waals surface area contributed by atoms with E-state index in [2.05, 4.69) is 13.8 Å². The lowest BCUT2D eigenvalue weighted by molar-refractivity contribution is 0.252. The molecule has 1 aliphatic rings. The maximum Gasteiger partial charge on any atom is 0.211 e. The zero-order chi connectivity index (χ0) is 13.8. The first-order chi connectivity index (χ1) is 8.29. The Balaban J connectivity index is 2.35. The van der Waals surface area contributed by atoms with Gasteiger partial charge >= 0.3 is 0 Å². The Morgan fingerprint density at radius 3 is 2.61 bits per heavy atom. The van der Waals surface area contributed by atoms with Crippen LogP contribution in [0.4, 0.5) is 0 Å². The van der Waals surface area contributed by atoms with Crippen LogP contribution >= 0.6 is 11.6 Å². The summed E-state index contributed by atoms with van der Waals surface area (Å²) in [6.07, 6.45) is 6.52. The molecule has 0 saturated carbocycles. The molecule has 0 aromatic rings. The van der Waals surface area contributed by atoms with Crippen LogP contribution in [0.2, 0.25) is 0 Å². The molecule has 5 heteroatoms.